The summed E-state index contributed by atoms with van der Waals surface area (Å²) in [5, 5.41) is 9.00. The van der Waals surface area contributed by atoms with Gasteiger partial charge in [-0.3, -0.25) is 9.59 Å². The van der Waals surface area contributed by atoms with Gasteiger partial charge in [0.15, 0.2) is 5.69 Å². The number of hydrogen-bond acceptors (Lipinski definition) is 4. The molecular weight excluding hydrogens is 238 g/mol. The molecule has 1 unspecified atom stereocenters. The fraction of sp³-hybridized carbons (Fsp3) is 0.273. The lowest BCUT2D eigenvalue weighted by atomic mass is 10.1. The van der Waals surface area contributed by atoms with Gasteiger partial charge in [0.25, 0.3) is 0 Å². The van der Waals surface area contributed by atoms with Crippen LogP contribution in [0.5, 0.6) is 0 Å². The Kier molecular flexibility index (Phi) is 2.97. The minimum absolute atomic E-state index is 0.00326. The number of carboxylic acid groups (broad SMARTS) is 1. The molecule has 2 rings (SSSR count). The van der Waals surface area contributed by atoms with Gasteiger partial charge in [-0.1, -0.05) is 0 Å². The molecule has 0 bridgehead atoms. The molecule has 0 aromatic carbocycles. The number of rotatable bonds is 3. The number of pyridine rings is 1. The Bertz CT molecular complexity index is 529. The number of hydrogen-bond donors (Lipinski definition) is 2. The van der Waals surface area contributed by atoms with Crippen molar-refractivity contribution >= 4 is 23.5 Å². The lowest BCUT2D eigenvalue weighted by Crippen LogP contribution is -2.29. The second-order valence-electron chi connectivity index (χ2n) is 3.98. The van der Waals surface area contributed by atoms with Crippen LogP contribution in [0.3, 0.4) is 0 Å². The van der Waals surface area contributed by atoms with Gasteiger partial charge in [0.1, 0.15) is 0 Å². The Morgan fingerprint density at radius 3 is 2.78 bits per heavy atom. The average Bonchev–Trinajstić information content (AvgIpc) is 2.71. The van der Waals surface area contributed by atoms with Crippen LogP contribution in [0.4, 0.5) is 5.69 Å². The van der Waals surface area contributed by atoms with Crippen LogP contribution in [0.15, 0.2) is 18.3 Å². The fourth-order valence-corrected chi connectivity index (χ4v) is 1.91. The molecule has 1 aromatic rings. The molecule has 2 heterocycles. The van der Waals surface area contributed by atoms with E-state index in [-0.39, 0.29) is 30.3 Å². The molecule has 94 valence electrons. The third-order valence-corrected chi connectivity index (χ3v) is 2.81. The number of amides is 2. The predicted molar refractivity (Wildman–Crippen MR) is 60.9 cm³/mol. The van der Waals surface area contributed by atoms with Gasteiger partial charge in [0, 0.05) is 19.2 Å². The van der Waals surface area contributed by atoms with Crippen molar-refractivity contribution in [3.8, 4) is 0 Å². The molecule has 3 N–H and O–H groups in total. The van der Waals surface area contributed by atoms with Crippen molar-refractivity contribution in [3.05, 3.63) is 24.0 Å². The zero-order valence-electron chi connectivity index (χ0n) is 9.37. The van der Waals surface area contributed by atoms with E-state index < -0.39 is 17.8 Å². The second kappa shape index (κ2) is 4.44. The van der Waals surface area contributed by atoms with E-state index in [4.69, 9.17) is 10.8 Å². The first-order chi connectivity index (χ1) is 8.50. The Hall–Kier alpha value is -2.44. The van der Waals surface area contributed by atoms with Crippen LogP contribution in [0.1, 0.15) is 16.9 Å². The Morgan fingerprint density at radius 2 is 2.22 bits per heavy atom. The van der Waals surface area contributed by atoms with Crippen molar-refractivity contribution in [3.63, 3.8) is 0 Å². The summed E-state index contributed by atoms with van der Waals surface area (Å²) in [5.74, 6) is -2.69. The van der Waals surface area contributed by atoms with Gasteiger partial charge in [-0.2, -0.15) is 0 Å². The van der Waals surface area contributed by atoms with Gasteiger partial charge in [-0.05, 0) is 12.1 Å². The van der Waals surface area contributed by atoms with E-state index in [1.165, 1.54) is 23.2 Å². The molecule has 18 heavy (non-hydrogen) atoms. The summed E-state index contributed by atoms with van der Waals surface area (Å²) >= 11 is 0. The van der Waals surface area contributed by atoms with E-state index in [0.717, 1.165) is 0 Å². The number of carbonyl (C=O) groups is 3. The quantitative estimate of drug-likeness (QED) is 0.757. The molecule has 2 amide bonds. The maximum atomic E-state index is 11.8. The number of anilines is 1. The Morgan fingerprint density at radius 1 is 1.50 bits per heavy atom. The monoisotopic (exact) mass is 249 g/mol. The van der Waals surface area contributed by atoms with Gasteiger partial charge in [-0.15, -0.1) is 0 Å². The van der Waals surface area contributed by atoms with Crippen LogP contribution in [0, 0.1) is 5.92 Å². The third kappa shape index (κ3) is 2.02. The number of carboxylic acids is 1. The summed E-state index contributed by atoms with van der Waals surface area (Å²) in [4.78, 5) is 38.8. The molecule has 1 aliphatic heterocycles. The van der Waals surface area contributed by atoms with Gasteiger partial charge < -0.3 is 15.7 Å². The van der Waals surface area contributed by atoms with Gasteiger partial charge >= 0.3 is 5.97 Å². The topological polar surface area (TPSA) is 114 Å². The number of aromatic carboxylic acids is 1. The number of nitrogens with two attached hydrogens (primary N) is 1. The lowest BCUT2D eigenvalue weighted by molar-refractivity contribution is -0.123. The van der Waals surface area contributed by atoms with Crippen LogP contribution >= 0.6 is 0 Å². The van der Waals surface area contributed by atoms with Crippen molar-refractivity contribution in [1.29, 1.82) is 0 Å². The molecule has 1 aliphatic rings. The number of carbonyl (C=O) groups excluding carboxylic acids is 2. The van der Waals surface area contributed by atoms with E-state index in [2.05, 4.69) is 4.98 Å². The minimum atomic E-state index is -1.22. The summed E-state index contributed by atoms with van der Waals surface area (Å²) < 4.78 is 0. The highest BCUT2D eigenvalue weighted by atomic mass is 16.4. The average molecular weight is 249 g/mol. The number of aromatic nitrogens is 1. The normalized spacial score (nSPS) is 19.0. The molecule has 0 spiro atoms. The number of nitrogens with zero attached hydrogens (tertiary/aromatic N) is 2. The van der Waals surface area contributed by atoms with Gasteiger partial charge in [0.05, 0.1) is 11.6 Å². The van der Waals surface area contributed by atoms with Crippen LogP contribution in [-0.2, 0) is 9.59 Å². The van der Waals surface area contributed by atoms with E-state index in [1.54, 1.807) is 0 Å². The van der Waals surface area contributed by atoms with E-state index in [9.17, 15) is 14.4 Å². The van der Waals surface area contributed by atoms with Crippen molar-refractivity contribution in [2.24, 2.45) is 11.7 Å². The smallest absolute Gasteiger partial charge is 0.356 e. The van der Waals surface area contributed by atoms with E-state index >= 15 is 0 Å². The summed E-state index contributed by atoms with van der Waals surface area (Å²) in [6.45, 7) is 0.0974. The Labute approximate surface area is 102 Å². The predicted octanol–water partition coefficient (Wildman–Crippen LogP) is -0.382. The van der Waals surface area contributed by atoms with Crippen molar-refractivity contribution in [1.82, 2.24) is 4.98 Å². The highest BCUT2D eigenvalue weighted by molar-refractivity contribution is 6.04. The van der Waals surface area contributed by atoms with Gasteiger partial charge in [0.2, 0.25) is 11.8 Å². The molecule has 1 atom stereocenters. The highest BCUT2D eigenvalue weighted by Gasteiger charge is 2.35. The molecule has 1 saturated heterocycles. The largest absolute Gasteiger partial charge is 0.476 e. The summed E-state index contributed by atoms with van der Waals surface area (Å²) in [6.07, 6.45) is 1.34. The zero-order chi connectivity index (χ0) is 13.3. The third-order valence-electron chi connectivity index (χ3n) is 2.81. The maximum Gasteiger partial charge on any atom is 0.356 e. The lowest BCUT2D eigenvalue weighted by Gasteiger charge is -2.17. The van der Waals surface area contributed by atoms with Crippen LogP contribution in [-0.4, -0.2) is 34.4 Å². The molecule has 1 aromatic heterocycles. The molecule has 0 aliphatic carbocycles. The number of primary amides is 1. The summed E-state index contributed by atoms with van der Waals surface area (Å²) in [5.41, 5.74) is 5.13. The van der Waals surface area contributed by atoms with Crippen molar-refractivity contribution < 1.29 is 19.5 Å². The molecule has 0 saturated carbocycles. The van der Waals surface area contributed by atoms with Crippen molar-refractivity contribution in [2.75, 3.05) is 11.4 Å². The van der Waals surface area contributed by atoms with E-state index in [0.29, 0.717) is 0 Å². The van der Waals surface area contributed by atoms with E-state index in [1.807, 2.05) is 0 Å². The SMILES string of the molecule is NC(=O)C1CC(=O)N(c2cccnc2C(=O)O)C1. The summed E-state index contributed by atoms with van der Waals surface area (Å²) in [6, 6.07) is 3.02. The van der Waals surface area contributed by atoms with Crippen molar-refractivity contribution in [2.45, 2.75) is 6.42 Å². The second-order valence-corrected chi connectivity index (χ2v) is 3.98. The first-order valence-electron chi connectivity index (χ1n) is 5.28. The van der Waals surface area contributed by atoms with Crippen LogP contribution in [0.2, 0.25) is 0 Å². The zero-order valence-corrected chi connectivity index (χ0v) is 9.37. The first-order valence-corrected chi connectivity index (χ1v) is 5.28. The standard InChI is InChI=1S/C11H11N3O4/c12-10(16)6-4-8(15)14(5-6)7-2-1-3-13-9(7)11(17)18/h1-3,6H,4-5H2,(H2,12,16)(H,17,18). The van der Waals surface area contributed by atoms with Crippen LogP contribution < -0.4 is 10.6 Å². The molecule has 7 heteroatoms. The minimum Gasteiger partial charge on any atom is -0.476 e. The highest BCUT2D eigenvalue weighted by Crippen LogP contribution is 2.26. The Balaban J connectivity index is 2.35. The summed E-state index contributed by atoms with van der Waals surface area (Å²) in [7, 11) is 0. The van der Waals surface area contributed by atoms with Gasteiger partial charge in [-0.25, -0.2) is 9.78 Å². The van der Waals surface area contributed by atoms with Crippen LogP contribution in [0.25, 0.3) is 0 Å². The molecule has 1 fully saturated rings. The first kappa shape index (κ1) is 12.0. The molecule has 0 radical (unpaired) electrons. The molecule has 7 nitrogen and oxygen atoms in total. The fourth-order valence-electron chi connectivity index (χ4n) is 1.91. The maximum absolute atomic E-state index is 11.8. The molecular formula is C11H11N3O4.